The summed E-state index contributed by atoms with van der Waals surface area (Å²) in [5, 5.41) is 2.34. The number of rotatable bonds is 4. The molecule has 136 valence electrons. The van der Waals surface area contributed by atoms with Crippen molar-refractivity contribution in [1.82, 2.24) is 10.2 Å². The van der Waals surface area contributed by atoms with Gasteiger partial charge in [0, 0.05) is 26.1 Å². The second-order valence-corrected chi connectivity index (χ2v) is 9.14. The zero-order valence-corrected chi connectivity index (χ0v) is 15.0. The van der Waals surface area contributed by atoms with Gasteiger partial charge < -0.3 is 10.2 Å². The molecule has 1 N–H and O–H groups in total. The van der Waals surface area contributed by atoms with E-state index in [1.807, 2.05) is 30.3 Å². The van der Waals surface area contributed by atoms with Crippen LogP contribution in [0.2, 0.25) is 0 Å². The third-order valence-electron chi connectivity index (χ3n) is 5.09. The SMILES string of the molecule is O=C1CC[C@@H](C(=O)N2CCC(S(=O)(=O)Cc3ccccc3)CC2)CN1. The summed E-state index contributed by atoms with van der Waals surface area (Å²) in [5.41, 5.74) is 0.805. The summed E-state index contributed by atoms with van der Waals surface area (Å²) in [6, 6.07) is 9.21. The Morgan fingerprint density at radius 3 is 2.40 bits per heavy atom. The first-order chi connectivity index (χ1) is 12.0. The number of sulfone groups is 1. The number of nitrogens with zero attached hydrogens (tertiary/aromatic N) is 1. The summed E-state index contributed by atoms with van der Waals surface area (Å²) in [5.74, 6) is -0.0787. The van der Waals surface area contributed by atoms with Gasteiger partial charge in [0.2, 0.25) is 11.8 Å². The van der Waals surface area contributed by atoms with Crippen LogP contribution in [0, 0.1) is 5.92 Å². The number of carbonyl (C=O) groups is 2. The van der Waals surface area contributed by atoms with E-state index in [2.05, 4.69) is 5.32 Å². The highest BCUT2D eigenvalue weighted by atomic mass is 32.2. The zero-order valence-electron chi connectivity index (χ0n) is 14.2. The number of benzene rings is 1. The van der Waals surface area contributed by atoms with Crippen molar-refractivity contribution in [2.24, 2.45) is 5.92 Å². The first kappa shape index (κ1) is 17.9. The van der Waals surface area contributed by atoms with E-state index in [1.165, 1.54) is 0 Å². The summed E-state index contributed by atoms with van der Waals surface area (Å²) in [6.45, 7) is 1.34. The predicted octanol–water partition coefficient (Wildman–Crippen LogP) is 1.12. The van der Waals surface area contributed by atoms with E-state index in [1.54, 1.807) is 4.90 Å². The Morgan fingerprint density at radius 2 is 1.80 bits per heavy atom. The van der Waals surface area contributed by atoms with Crippen LogP contribution in [0.4, 0.5) is 0 Å². The molecule has 0 saturated carbocycles. The lowest BCUT2D eigenvalue weighted by Gasteiger charge is -2.35. The van der Waals surface area contributed by atoms with Gasteiger partial charge in [0.25, 0.3) is 0 Å². The van der Waals surface area contributed by atoms with Crippen LogP contribution >= 0.6 is 0 Å². The molecule has 6 nitrogen and oxygen atoms in total. The Hall–Kier alpha value is -1.89. The molecule has 0 spiro atoms. The minimum Gasteiger partial charge on any atom is -0.355 e. The highest BCUT2D eigenvalue weighted by molar-refractivity contribution is 7.91. The summed E-state index contributed by atoms with van der Waals surface area (Å²) in [6.07, 6.45) is 1.94. The van der Waals surface area contributed by atoms with E-state index < -0.39 is 9.84 Å². The molecule has 0 aliphatic carbocycles. The quantitative estimate of drug-likeness (QED) is 0.868. The van der Waals surface area contributed by atoms with E-state index in [4.69, 9.17) is 0 Å². The first-order valence-corrected chi connectivity index (χ1v) is 10.5. The predicted molar refractivity (Wildman–Crippen MR) is 94.4 cm³/mol. The van der Waals surface area contributed by atoms with Crippen molar-refractivity contribution >= 4 is 21.7 Å². The highest BCUT2D eigenvalue weighted by Gasteiger charge is 2.34. The largest absolute Gasteiger partial charge is 0.355 e. The van der Waals surface area contributed by atoms with Gasteiger partial charge in [0.05, 0.1) is 16.9 Å². The number of nitrogens with one attached hydrogen (secondary N) is 1. The lowest BCUT2D eigenvalue weighted by molar-refractivity contribution is -0.138. The molecule has 0 aromatic heterocycles. The Balaban J connectivity index is 1.54. The second-order valence-electron chi connectivity index (χ2n) is 6.86. The molecule has 25 heavy (non-hydrogen) atoms. The normalized spacial score (nSPS) is 22.5. The van der Waals surface area contributed by atoms with Gasteiger partial charge in [-0.25, -0.2) is 8.42 Å². The maximum atomic E-state index is 12.6. The van der Waals surface area contributed by atoms with Crippen LogP contribution in [0.25, 0.3) is 0 Å². The van der Waals surface area contributed by atoms with Crippen LogP contribution in [-0.4, -0.2) is 50.0 Å². The van der Waals surface area contributed by atoms with Gasteiger partial charge in [0.15, 0.2) is 9.84 Å². The van der Waals surface area contributed by atoms with Crippen molar-refractivity contribution in [3.8, 4) is 0 Å². The molecule has 2 heterocycles. The van der Waals surface area contributed by atoms with Crippen molar-refractivity contribution in [3.63, 3.8) is 0 Å². The van der Waals surface area contributed by atoms with Crippen LogP contribution in [-0.2, 0) is 25.2 Å². The van der Waals surface area contributed by atoms with Gasteiger partial charge in [-0.15, -0.1) is 0 Å². The topological polar surface area (TPSA) is 83.6 Å². The fourth-order valence-corrected chi connectivity index (χ4v) is 5.38. The fourth-order valence-electron chi connectivity index (χ4n) is 3.56. The van der Waals surface area contributed by atoms with Gasteiger partial charge in [-0.1, -0.05) is 30.3 Å². The zero-order chi connectivity index (χ0) is 17.9. The highest BCUT2D eigenvalue weighted by Crippen LogP contribution is 2.24. The van der Waals surface area contributed by atoms with E-state index in [0.717, 1.165) is 5.56 Å². The molecule has 1 aromatic rings. The molecule has 7 heteroatoms. The van der Waals surface area contributed by atoms with Crippen LogP contribution in [0.5, 0.6) is 0 Å². The minimum absolute atomic E-state index is 0.00485. The molecule has 2 aliphatic heterocycles. The minimum atomic E-state index is -3.21. The lowest BCUT2D eigenvalue weighted by atomic mass is 9.96. The molecular formula is C18H24N2O4S. The number of hydrogen-bond donors (Lipinski definition) is 1. The smallest absolute Gasteiger partial charge is 0.227 e. The summed E-state index contributed by atoms with van der Waals surface area (Å²) in [7, 11) is -3.21. The molecule has 1 atom stereocenters. The third-order valence-corrected chi connectivity index (χ3v) is 7.31. The lowest BCUT2D eigenvalue weighted by Crippen LogP contribution is -2.48. The number of amides is 2. The third kappa shape index (κ3) is 4.39. The molecular weight excluding hydrogens is 340 g/mol. The van der Waals surface area contributed by atoms with E-state index >= 15 is 0 Å². The Bertz CT molecular complexity index is 715. The van der Waals surface area contributed by atoms with Gasteiger partial charge in [-0.3, -0.25) is 9.59 Å². The molecule has 2 fully saturated rings. The van der Waals surface area contributed by atoms with E-state index in [0.29, 0.717) is 45.3 Å². The van der Waals surface area contributed by atoms with Crippen LogP contribution in [0.3, 0.4) is 0 Å². The molecule has 2 amide bonds. The Morgan fingerprint density at radius 1 is 1.12 bits per heavy atom. The number of likely N-dealkylation sites (tertiary alicyclic amines) is 1. The average Bonchev–Trinajstić information content (AvgIpc) is 2.62. The van der Waals surface area contributed by atoms with Crippen molar-refractivity contribution in [2.75, 3.05) is 19.6 Å². The number of piperidine rings is 2. The van der Waals surface area contributed by atoms with Crippen LogP contribution < -0.4 is 5.32 Å². The Kier molecular flexibility index (Phi) is 5.42. The molecule has 2 saturated heterocycles. The van der Waals surface area contributed by atoms with Gasteiger partial charge >= 0.3 is 0 Å². The standard InChI is InChI=1S/C18H24N2O4S/c21-17-7-6-15(12-19-17)18(22)20-10-8-16(9-11-20)25(23,24)13-14-4-2-1-3-5-14/h1-5,15-16H,6-13H2,(H,19,21)/t15-/m1/s1. The van der Waals surface area contributed by atoms with Crippen molar-refractivity contribution < 1.29 is 18.0 Å². The maximum absolute atomic E-state index is 12.6. The van der Waals surface area contributed by atoms with Crippen LogP contribution in [0.15, 0.2) is 30.3 Å². The number of carbonyl (C=O) groups excluding carboxylic acids is 2. The van der Waals surface area contributed by atoms with Crippen molar-refractivity contribution in [1.29, 1.82) is 0 Å². The molecule has 0 bridgehead atoms. The molecule has 3 rings (SSSR count). The number of hydrogen-bond acceptors (Lipinski definition) is 4. The molecule has 2 aliphatic rings. The monoisotopic (exact) mass is 364 g/mol. The van der Waals surface area contributed by atoms with Gasteiger partial charge in [-0.2, -0.15) is 0 Å². The average molecular weight is 364 g/mol. The van der Waals surface area contributed by atoms with Gasteiger partial charge in [0.1, 0.15) is 0 Å². The summed E-state index contributed by atoms with van der Waals surface area (Å²) in [4.78, 5) is 25.5. The molecule has 0 radical (unpaired) electrons. The summed E-state index contributed by atoms with van der Waals surface area (Å²) >= 11 is 0. The second kappa shape index (κ2) is 7.56. The van der Waals surface area contributed by atoms with Gasteiger partial charge in [-0.05, 0) is 24.8 Å². The van der Waals surface area contributed by atoms with E-state index in [9.17, 15) is 18.0 Å². The Labute approximate surface area is 148 Å². The molecule has 0 unspecified atom stereocenters. The van der Waals surface area contributed by atoms with Crippen molar-refractivity contribution in [2.45, 2.75) is 36.7 Å². The fraction of sp³-hybridized carbons (Fsp3) is 0.556. The molecule has 1 aromatic carbocycles. The maximum Gasteiger partial charge on any atom is 0.227 e. The van der Waals surface area contributed by atoms with Crippen LogP contribution in [0.1, 0.15) is 31.2 Å². The summed E-state index contributed by atoms with van der Waals surface area (Å²) < 4.78 is 25.2. The van der Waals surface area contributed by atoms with E-state index in [-0.39, 0.29) is 28.7 Å². The van der Waals surface area contributed by atoms with Crippen molar-refractivity contribution in [3.05, 3.63) is 35.9 Å². The first-order valence-electron chi connectivity index (χ1n) is 8.77.